The van der Waals surface area contributed by atoms with Crippen LogP contribution in [-0.4, -0.2) is 40.8 Å². The number of hydrogen-bond donors (Lipinski definition) is 3. The summed E-state index contributed by atoms with van der Waals surface area (Å²) in [7, 11) is 1.76. The van der Waals surface area contributed by atoms with Crippen molar-refractivity contribution in [3.63, 3.8) is 0 Å². The molecule has 2 unspecified atom stereocenters. The van der Waals surface area contributed by atoms with Crippen molar-refractivity contribution in [2.75, 3.05) is 36.2 Å². The highest BCUT2D eigenvalue weighted by molar-refractivity contribution is 5.95. The highest BCUT2D eigenvalue weighted by atomic mass is 19.1. The van der Waals surface area contributed by atoms with E-state index >= 15 is 0 Å². The van der Waals surface area contributed by atoms with Crippen molar-refractivity contribution in [2.45, 2.75) is 19.8 Å². The first-order valence-corrected chi connectivity index (χ1v) is 10.2. The van der Waals surface area contributed by atoms with Crippen molar-refractivity contribution in [1.29, 1.82) is 0 Å². The molecule has 1 aromatic carbocycles. The second-order valence-electron chi connectivity index (χ2n) is 7.90. The predicted octanol–water partition coefficient (Wildman–Crippen LogP) is 3.41. The van der Waals surface area contributed by atoms with Crippen LogP contribution in [0.4, 0.5) is 27.4 Å². The number of hydrogen-bond acceptors (Lipinski definition) is 7. The standard InChI is InChI=1S/C21H23FN6O3/c1-11-5-12(11)6-19(29)26-15-10-24-28-18(23-2)9-17(27-21(15)28)25-14-7-13(22)8-16-20(14)31-4-3-30-16/h7-12,23H,3-6H2,1-2H3,(H,25,27)(H,26,29). The monoisotopic (exact) mass is 426 g/mol. The molecular formula is C21H23FN6O3. The van der Waals surface area contributed by atoms with Gasteiger partial charge in [-0.1, -0.05) is 6.92 Å². The van der Waals surface area contributed by atoms with E-state index in [9.17, 15) is 9.18 Å². The van der Waals surface area contributed by atoms with E-state index in [0.29, 0.717) is 71.6 Å². The first-order chi connectivity index (χ1) is 15.0. The predicted molar refractivity (Wildman–Crippen MR) is 114 cm³/mol. The van der Waals surface area contributed by atoms with Crippen molar-refractivity contribution in [3.05, 3.63) is 30.2 Å². The van der Waals surface area contributed by atoms with Gasteiger partial charge in [-0.3, -0.25) is 4.79 Å². The maximum absolute atomic E-state index is 14.1. The number of fused-ring (bicyclic) bond motifs is 2. The minimum atomic E-state index is -0.451. The zero-order valence-corrected chi connectivity index (χ0v) is 17.2. The number of carbonyl (C=O) groups excluding carboxylic acids is 1. The van der Waals surface area contributed by atoms with Crippen LogP contribution in [0.15, 0.2) is 24.4 Å². The summed E-state index contributed by atoms with van der Waals surface area (Å²) in [5.74, 6) is 2.39. The van der Waals surface area contributed by atoms with Crippen molar-refractivity contribution in [2.24, 2.45) is 11.8 Å². The van der Waals surface area contributed by atoms with Gasteiger partial charge in [-0.05, 0) is 18.3 Å². The molecule has 1 fully saturated rings. The second-order valence-corrected chi connectivity index (χ2v) is 7.90. The van der Waals surface area contributed by atoms with E-state index in [0.717, 1.165) is 6.42 Å². The van der Waals surface area contributed by atoms with Gasteiger partial charge in [-0.15, -0.1) is 0 Å². The molecule has 1 aliphatic carbocycles. The summed E-state index contributed by atoms with van der Waals surface area (Å²) in [4.78, 5) is 17.0. The molecular weight excluding hydrogens is 403 g/mol. The largest absolute Gasteiger partial charge is 0.486 e. The van der Waals surface area contributed by atoms with Gasteiger partial charge in [0.25, 0.3) is 0 Å². The van der Waals surface area contributed by atoms with Gasteiger partial charge in [0.1, 0.15) is 36.4 Å². The van der Waals surface area contributed by atoms with E-state index in [1.54, 1.807) is 23.8 Å². The fourth-order valence-electron chi connectivity index (χ4n) is 3.77. The number of amides is 1. The van der Waals surface area contributed by atoms with E-state index in [1.165, 1.54) is 12.1 Å². The number of ether oxygens (including phenoxy) is 2. The van der Waals surface area contributed by atoms with Crippen LogP contribution in [0.3, 0.4) is 0 Å². The number of aromatic nitrogens is 3. The molecule has 0 radical (unpaired) electrons. The highest BCUT2D eigenvalue weighted by Gasteiger charge is 2.34. The Bertz CT molecular complexity index is 1160. The summed E-state index contributed by atoms with van der Waals surface area (Å²) in [5, 5.41) is 13.4. The summed E-state index contributed by atoms with van der Waals surface area (Å²) in [6, 6.07) is 4.35. The fourth-order valence-corrected chi connectivity index (χ4v) is 3.77. The van der Waals surface area contributed by atoms with Crippen LogP contribution in [0.2, 0.25) is 0 Å². The molecule has 3 N–H and O–H groups in total. The molecule has 2 aromatic heterocycles. The molecule has 10 heteroatoms. The molecule has 0 saturated heterocycles. The Hall–Kier alpha value is -3.56. The maximum Gasteiger partial charge on any atom is 0.224 e. The van der Waals surface area contributed by atoms with Crippen LogP contribution in [0, 0.1) is 17.7 Å². The van der Waals surface area contributed by atoms with Gasteiger partial charge >= 0.3 is 0 Å². The van der Waals surface area contributed by atoms with E-state index in [4.69, 9.17) is 9.47 Å². The molecule has 162 valence electrons. The van der Waals surface area contributed by atoms with Crippen LogP contribution < -0.4 is 25.4 Å². The zero-order chi connectivity index (χ0) is 21.5. The van der Waals surface area contributed by atoms with Gasteiger partial charge in [-0.25, -0.2) is 9.37 Å². The number of nitrogens with one attached hydrogen (secondary N) is 3. The van der Waals surface area contributed by atoms with Gasteiger partial charge in [0, 0.05) is 31.7 Å². The minimum Gasteiger partial charge on any atom is -0.486 e. The van der Waals surface area contributed by atoms with Gasteiger partial charge in [0.2, 0.25) is 5.91 Å². The third-order valence-corrected chi connectivity index (χ3v) is 5.60. The molecule has 1 saturated carbocycles. The molecule has 31 heavy (non-hydrogen) atoms. The molecule has 9 nitrogen and oxygen atoms in total. The van der Waals surface area contributed by atoms with E-state index in [-0.39, 0.29) is 5.91 Å². The molecule has 1 aliphatic heterocycles. The average Bonchev–Trinajstić information content (AvgIpc) is 3.29. The van der Waals surface area contributed by atoms with Gasteiger partial charge < -0.3 is 25.4 Å². The van der Waals surface area contributed by atoms with Crippen molar-refractivity contribution >= 4 is 34.6 Å². The van der Waals surface area contributed by atoms with E-state index < -0.39 is 5.82 Å². The number of rotatable bonds is 6. The Kier molecular flexibility index (Phi) is 4.76. The van der Waals surface area contributed by atoms with Crippen LogP contribution in [0.5, 0.6) is 11.5 Å². The summed E-state index contributed by atoms with van der Waals surface area (Å²) >= 11 is 0. The number of carbonyl (C=O) groups is 1. The number of anilines is 4. The van der Waals surface area contributed by atoms with Crippen LogP contribution in [0.1, 0.15) is 19.8 Å². The first kappa shape index (κ1) is 19.4. The molecule has 0 spiro atoms. The SMILES string of the molecule is CNc1cc(Nc2cc(F)cc3c2OCCO3)nc2c(NC(=O)CC3CC3C)cnn12. The molecule has 2 atom stereocenters. The smallest absolute Gasteiger partial charge is 0.224 e. The van der Waals surface area contributed by atoms with Gasteiger partial charge in [0.15, 0.2) is 17.1 Å². The summed E-state index contributed by atoms with van der Waals surface area (Å²) in [6.07, 6.45) is 3.15. The summed E-state index contributed by atoms with van der Waals surface area (Å²) in [5.41, 5.74) is 1.38. The quantitative estimate of drug-likeness (QED) is 0.555. The van der Waals surface area contributed by atoms with Crippen LogP contribution in [0.25, 0.3) is 5.65 Å². The third-order valence-electron chi connectivity index (χ3n) is 5.60. The Morgan fingerprint density at radius 2 is 2.06 bits per heavy atom. The lowest BCUT2D eigenvalue weighted by molar-refractivity contribution is -0.116. The van der Waals surface area contributed by atoms with Crippen molar-refractivity contribution < 1.29 is 18.7 Å². The van der Waals surface area contributed by atoms with E-state index in [2.05, 4.69) is 33.0 Å². The Morgan fingerprint density at radius 3 is 2.84 bits per heavy atom. The average molecular weight is 426 g/mol. The molecule has 3 heterocycles. The minimum absolute atomic E-state index is 0.0554. The number of benzene rings is 1. The second kappa shape index (κ2) is 7.60. The topological polar surface area (TPSA) is 102 Å². The van der Waals surface area contributed by atoms with Crippen LogP contribution >= 0.6 is 0 Å². The Balaban J connectivity index is 1.47. The van der Waals surface area contributed by atoms with E-state index in [1.807, 2.05) is 0 Å². The van der Waals surface area contributed by atoms with Crippen molar-refractivity contribution in [3.8, 4) is 11.5 Å². The highest BCUT2D eigenvalue weighted by Crippen LogP contribution is 2.41. The lowest BCUT2D eigenvalue weighted by Crippen LogP contribution is -2.17. The maximum atomic E-state index is 14.1. The van der Waals surface area contributed by atoms with Gasteiger partial charge in [-0.2, -0.15) is 9.61 Å². The molecule has 1 amide bonds. The van der Waals surface area contributed by atoms with Crippen LogP contribution in [-0.2, 0) is 4.79 Å². The number of halogens is 1. The third kappa shape index (κ3) is 3.80. The fraction of sp³-hybridized carbons (Fsp3) is 0.381. The summed E-state index contributed by atoms with van der Waals surface area (Å²) < 4.78 is 26.8. The molecule has 3 aromatic rings. The Labute approximate surface area is 177 Å². The number of nitrogens with zero attached hydrogens (tertiary/aromatic N) is 3. The zero-order valence-electron chi connectivity index (χ0n) is 17.2. The lowest BCUT2D eigenvalue weighted by Gasteiger charge is -2.21. The lowest BCUT2D eigenvalue weighted by atomic mass is 10.2. The molecule has 5 rings (SSSR count). The molecule has 0 bridgehead atoms. The first-order valence-electron chi connectivity index (χ1n) is 10.2. The Morgan fingerprint density at radius 1 is 1.26 bits per heavy atom. The summed E-state index contributed by atoms with van der Waals surface area (Å²) in [6.45, 7) is 2.88. The molecule has 2 aliphatic rings. The van der Waals surface area contributed by atoms with Crippen molar-refractivity contribution in [1.82, 2.24) is 14.6 Å². The van der Waals surface area contributed by atoms with Gasteiger partial charge in [0.05, 0.1) is 11.9 Å². The normalized spacial score (nSPS) is 19.2.